The average molecular weight is 567 g/mol. The van der Waals surface area contributed by atoms with Crippen molar-refractivity contribution in [3.63, 3.8) is 0 Å². The van der Waals surface area contributed by atoms with Crippen molar-refractivity contribution in [1.82, 2.24) is 15.6 Å². The number of unbranched alkanes of at least 4 members (excludes halogenated alkanes) is 1. The van der Waals surface area contributed by atoms with Crippen LogP contribution in [0.25, 0.3) is 0 Å². The molecule has 2 amide bonds. The quantitative estimate of drug-likeness (QED) is 0.208. The summed E-state index contributed by atoms with van der Waals surface area (Å²) in [5, 5.41) is 6.90. The third-order valence-corrected chi connectivity index (χ3v) is 8.67. The van der Waals surface area contributed by atoms with Gasteiger partial charge >= 0.3 is 0 Å². The van der Waals surface area contributed by atoms with Crippen molar-refractivity contribution in [2.45, 2.75) is 116 Å². The predicted molar refractivity (Wildman–Crippen MR) is 163 cm³/mol. The van der Waals surface area contributed by atoms with Gasteiger partial charge in [-0.25, -0.2) is 4.98 Å². The Bertz CT molecular complexity index is 926. The number of carbonyl (C=O) groups excluding carboxylic acids is 2. The summed E-state index contributed by atoms with van der Waals surface area (Å²) in [6.07, 6.45) is 6.46. The van der Waals surface area contributed by atoms with E-state index in [4.69, 9.17) is 16.3 Å². The molecule has 1 aromatic rings. The minimum atomic E-state index is -0.958. The fourth-order valence-electron chi connectivity index (χ4n) is 4.84. The number of rotatable bonds is 12. The molecule has 0 aromatic carbocycles. The van der Waals surface area contributed by atoms with E-state index in [-0.39, 0.29) is 28.5 Å². The molecule has 1 saturated heterocycles. The Morgan fingerprint density at radius 1 is 1.11 bits per heavy atom. The maximum atomic E-state index is 13.9. The van der Waals surface area contributed by atoms with Gasteiger partial charge in [0.05, 0.1) is 10.6 Å². The molecule has 2 rings (SSSR count). The zero-order chi connectivity index (χ0) is 28.8. The van der Waals surface area contributed by atoms with E-state index in [1.165, 1.54) is 6.92 Å². The van der Waals surface area contributed by atoms with Crippen LogP contribution in [-0.2, 0) is 14.2 Å². The summed E-state index contributed by atoms with van der Waals surface area (Å²) < 4.78 is 6.19. The minimum Gasteiger partial charge on any atom is -0.434 e. The monoisotopic (exact) mass is 566 g/mol. The Labute approximate surface area is 238 Å². The van der Waals surface area contributed by atoms with E-state index < -0.39 is 11.1 Å². The molecule has 0 aliphatic carbocycles. The van der Waals surface area contributed by atoms with Gasteiger partial charge in [-0.15, -0.1) is 9.24 Å². The highest BCUT2D eigenvalue weighted by molar-refractivity contribution is 7.19. The maximum Gasteiger partial charge on any atom is 0.275 e. The smallest absolute Gasteiger partial charge is 0.275 e. The molecule has 1 aromatic heterocycles. The summed E-state index contributed by atoms with van der Waals surface area (Å²) in [7, 11) is 3.53. The third kappa shape index (κ3) is 9.38. The lowest BCUT2D eigenvalue weighted by molar-refractivity contribution is -0.137. The highest BCUT2D eigenvalue weighted by Crippen LogP contribution is 2.36. The van der Waals surface area contributed by atoms with Gasteiger partial charge < -0.3 is 20.2 Å². The minimum absolute atomic E-state index is 0.0189. The van der Waals surface area contributed by atoms with Crippen LogP contribution in [0, 0.1) is 5.92 Å². The van der Waals surface area contributed by atoms with E-state index >= 15 is 0 Å². The first-order chi connectivity index (χ1) is 17.5. The second kappa shape index (κ2) is 13.3. The summed E-state index contributed by atoms with van der Waals surface area (Å²) in [4.78, 5) is 33.0. The summed E-state index contributed by atoms with van der Waals surface area (Å²) >= 11 is 6.02. The third-order valence-electron chi connectivity index (χ3n) is 7.75. The Hall–Kier alpha value is -1.37. The Kier molecular flexibility index (Phi) is 11.5. The number of hydrogen-bond acceptors (Lipinski definition) is 5. The van der Waals surface area contributed by atoms with Gasteiger partial charge in [0.1, 0.15) is 11.4 Å². The van der Waals surface area contributed by atoms with Crippen LogP contribution in [0.3, 0.4) is 0 Å². The SMILES string of the molecule is CC(=O)NC(CCCCBOC(C)(C)C(C)(C)P)(C(=O)NC(C)(C)C)C1CCN(c2ccc(Cl)cn2)CC1. The van der Waals surface area contributed by atoms with Crippen molar-refractivity contribution >= 4 is 46.0 Å². The lowest BCUT2D eigenvalue weighted by Gasteiger charge is -2.45. The van der Waals surface area contributed by atoms with Crippen molar-refractivity contribution in [1.29, 1.82) is 0 Å². The van der Waals surface area contributed by atoms with E-state index in [1.807, 2.05) is 32.9 Å². The summed E-state index contributed by atoms with van der Waals surface area (Å²) in [5.41, 5.74) is -1.61. The van der Waals surface area contributed by atoms with Gasteiger partial charge in [-0.3, -0.25) is 9.59 Å². The molecule has 0 bridgehead atoms. The molecule has 1 fully saturated rings. The molecule has 1 aliphatic rings. The fraction of sp³-hybridized carbons (Fsp3) is 0.750. The van der Waals surface area contributed by atoms with E-state index in [1.54, 1.807) is 6.20 Å². The zero-order valence-corrected chi connectivity index (χ0v) is 26.7. The van der Waals surface area contributed by atoms with Gasteiger partial charge in [0.25, 0.3) is 7.48 Å². The number of nitrogens with one attached hydrogen (secondary N) is 2. The van der Waals surface area contributed by atoms with Crippen LogP contribution < -0.4 is 15.5 Å². The van der Waals surface area contributed by atoms with Gasteiger partial charge in [-0.1, -0.05) is 44.6 Å². The van der Waals surface area contributed by atoms with Crippen molar-refractivity contribution in [3.8, 4) is 0 Å². The molecule has 10 heteroatoms. The molecule has 38 heavy (non-hydrogen) atoms. The summed E-state index contributed by atoms with van der Waals surface area (Å²) in [6, 6.07) is 3.78. The molecule has 7 nitrogen and oxygen atoms in total. The molecule has 1 aliphatic heterocycles. The van der Waals surface area contributed by atoms with Crippen molar-refractivity contribution < 1.29 is 14.2 Å². The lowest BCUT2D eigenvalue weighted by atomic mass is 9.72. The zero-order valence-electron chi connectivity index (χ0n) is 24.7. The number of halogens is 1. The summed E-state index contributed by atoms with van der Waals surface area (Å²) in [5.74, 6) is 0.633. The number of piperidine rings is 1. The van der Waals surface area contributed by atoms with Gasteiger partial charge in [-0.2, -0.15) is 0 Å². The largest absolute Gasteiger partial charge is 0.434 e. The second-order valence-corrected chi connectivity index (χ2v) is 14.7. The normalized spacial score (nSPS) is 17.1. The van der Waals surface area contributed by atoms with E-state index in [0.29, 0.717) is 18.9 Å². The molecule has 214 valence electrons. The molecule has 0 spiro atoms. The Morgan fingerprint density at radius 3 is 2.24 bits per heavy atom. The van der Waals surface area contributed by atoms with Crippen molar-refractivity contribution in [3.05, 3.63) is 23.4 Å². The topological polar surface area (TPSA) is 83.6 Å². The number of anilines is 1. The van der Waals surface area contributed by atoms with Crippen LogP contribution in [0.2, 0.25) is 11.3 Å². The average Bonchev–Trinajstić information content (AvgIpc) is 2.79. The first-order valence-corrected chi connectivity index (χ1v) is 14.8. The van der Waals surface area contributed by atoms with Crippen LogP contribution in [0.5, 0.6) is 0 Å². The number of hydrogen-bond donors (Lipinski definition) is 2. The Morgan fingerprint density at radius 2 is 1.74 bits per heavy atom. The molecular formula is C28H49BClN4O3P. The highest BCUT2D eigenvalue weighted by atomic mass is 35.5. The highest BCUT2D eigenvalue weighted by Gasteiger charge is 2.47. The van der Waals surface area contributed by atoms with Crippen LogP contribution in [0.15, 0.2) is 18.3 Å². The van der Waals surface area contributed by atoms with E-state index in [9.17, 15) is 9.59 Å². The van der Waals surface area contributed by atoms with Gasteiger partial charge in [0.2, 0.25) is 11.8 Å². The number of carbonyl (C=O) groups is 2. The first-order valence-electron chi connectivity index (χ1n) is 13.9. The van der Waals surface area contributed by atoms with Crippen LogP contribution in [0.1, 0.15) is 87.5 Å². The van der Waals surface area contributed by atoms with E-state index in [2.05, 4.69) is 57.5 Å². The number of nitrogens with zero attached hydrogens (tertiary/aromatic N) is 2. The van der Waals surface area contributed by atoms with Crippen molar-refractivity contribution in [2.24, 2.45) is 5.92 Å². The van der Waals surface area contributed by atoms with Gasteiger partial charge in [-0.05, 0) is 71.9 Å². The lowest BCUT2D eigenvalue weighted by Crippen LogP contribution is -2.66. The second-order valence-electron chi connectivity index (χ2n) is 12.8. The van der Waals surface area contributed by atoms with Gasteiger partial charge in [0.15, 0.2) is 0 Å². The standard InChI is InChI=1S/C28H49BClN4O3P/c1-20(35)32-28(24(36)33-25(2,3)4,15-9-10-16-29-37-26(5,6)27(7,8)38)21-13-17-34(18-14-21)23-12-11-22(30)19-31-23/h11-12,19,21,29H,9-10,13-18,38H2,1-8H3,(H,32,35)(H,33,36). The fourth-order valence-corrected chi connectivity index (χ4v) is 5.04. The Balaban J connectivity index is 2.14. The molecule has 2 atom stereocenters. The molecule has 2 unspecified atom stereocenters. The maximum absolute atomic E-state index is 13.9. The first kappa shape index (κ1) is 32.8. The van der Waals surface area contributed by atoms with Crippen molar-refractivity contribution in [2.75, 3.05) is 18.0 Å². The number of pyridine rings is 1. The molecule has 0 radical (unpaired) electrons. The van der Waals surface area contributed by atoms with Gasteiger partial charge in [0, 0.05) is 36.9 Å². The molecular weight excluding hydrogens is 518 g/mol. The predicted octanol–water partition coefficient (Wildman–Crippen LogP) is 5.13. The number of aromatic nitrogens is 1. The summed E-state index contributed by atoms with van der Waals surface area (Å²) in [6.45, 7) is 17.5. The van der Waals surface area contributed by atoms with E-state index in [0.717, 1.165) is 50.9 Å². The van der Waals surface area contributed by atoms with Crippen LogP contribution >= 0.6 is 20.8 Å². The van der Waals surface area contributed by atoms with Crippen LogP contribution in [0.4, 0.5) is 5.82 Å². The number of amides is 2. The molecule has 2 N–H and O–H groups in total. The van der Waals surface area contributed by atoms with Crippen LogP contribution in [-0.4, -0.2) is 59.2 Å². The molecule has 0 saturated carbocycles. The molecule has 2 heterocycles.